The molecule has 1 aromatic carbocycles. The van der Waals surface area contributed by atoms with Crippen LogP contribution in [0.15, 0.2) is 24.3 Å². The number of aromatic amines is 1. The average molecular weight is 384 g/mol. The lowest BCUT2D eigenvalue weighted by atomic mass is 9.94. The minimum absolute atomic E-state index is 0.00750. The Hall–Kier alpha value is -2.21. The van der Waals surface area contributed by atoms with E-state index in [9.17, 15) is 9.18 Å². The first kappa shape index (κ1) is 19.1. The molecule has 0 spiro atoms. The summed E-state index contributed by atoms with van der Waals surface area (Å²) in [7, 11) is 0. The molecular formula is C22H29FN4O. The molecule has 0 bridgehead atoms. The lowest BCUT2D eigenvalue weighted by Crippen LogP contribution is -2.37. The van der Waals surface area contributed by atoms with Crippen LogP contribution >= 0.6 is 0 Å². The van der Waals surface area contributed by atoms with Crippen molar-refractivity contribution in [3.63, 3.8) is 0 Å². The van der Waals surface area contributed by atoms with E-state index in [1.165, 1.54) is 30.2 Å². The number of nitrogens with zero attached hydrogens (tertiary/aromatic N) is 2. The lowest BCUT2D eigenvalue weighted by Gasteiger charge is -2.28. The quantitative estimate of drug-likeness (QED) is 0.770. The maximum absolute atomic E-state index is 14.4. The van der Waals surface area contributed by atoms with Crippen molar-refractivity contribution >= 4 is 5.91 Å². The van der Waals surface area contributed by atoms with E-state index in [0.29, 0.717) is 24.9 Å². The highest BCUT2D eigenvalue weighted by molar-refractivity contribution is 5.76. The first-order chi connectivity index (χ1) is 13.7. The van der Waals surface area contributed by atoms with Crippen molar-refractivity contribution in [2.24, 2.45) is 0 Å². The summed E-state index contributed by atoms with van der Waals surface area (Å²) in [5.41, 5.74) is 4.27. The monoisotopic (exact) mass is 384 g/mol. The molecule has 150 valence electrons. The first-order valence-corrected chi connectivity index (χ1v) is 10.5. The van der Waals surface area contributed by atoms with Crippen LogP contribution in [-0.4, -0.2) is 40.6 Å². The van der Waals surface area contributed by atoms with Crippen LogP contribution in [0.1, 0.15) is 60.7 Å². The summed E-state index contributed by atoms with van der Waals surface area (Å²) >= 11 is 0. The van der Waals surface area contributed by atoms with Gasteiger partial charge in [-0.25, -0.2) is 4.39 Å². The molecule has 1 aliphatic heterocycles. The predicted octanol–water partition coefficient (Wildman–Crippen LogP) is 3.31. The Morgan fingerprint density at radius 1 is 1.18 bits per heavy atom. The Bertz CT molecular complexity index is 813. The number of carbonyl (C=O) groups excluding carboxylic acids is 1. The SMILES string of the molecule is O=C(CCc1n[nH]c2c1CCCC2)NC[C@H](c1ccccc1F)N1CCCC1. The van der Waals surface area contributed by atoms with Gasteiger partial charge in [-0.1, -0.05) is 18.2 Å². The van der Waals surface area contributed by atoms with Crippen molar-refractivity contribution in [1.29, 1.82) is 0 Å². The maximum atomic E-state index is 14.4. The van der Waals surface area contributed by atoms with Gasteiger partial charge in [-0.15, -0.1) is 0 Å². The number of nitrogens with one attached hydrogen (secondary N) is 2. The topological polar surface area (TPSA) is 61.0 Å². The third kappa shape index (κ3) is 4.27. The number of halogens is 1. The van der Waals surface area contributed by atoms with E-state index in [4.69, 9.17) is 0 Å². The Morgan fingerprint density at radius 3 is 2.79 bits per heavy atom. The Labute approximate surface area is 165 Å². The first-order valence-electron chi connectivity index (χ1n) is 10.5. The van der Waals surface area contributed by atoms with Crippen molar-refractivity contribution in [1.82, 2.24) is 20.4 Å². The molecule has 28 heavy (non-hydrogen) atoms. The van der Waals surface area contributed by atoms with Gasteiger partial charge < -0.3 is 5.32 Å². The van der Waals surface area contributed by atoms with E-state index in [2.05, 4.69) is 20.4 Å². The summed E-state index contributed by atoms with van der Waals surface area (Å²) in [6, 6.07) is 6.81. The summed E-state index contributed by atoms with van der Waals surface area (Å²) in [4.78, 5) is 14.8. The smallest absolute Gasteiger partial charge is 0.220 e. The highest BCUT2D eigenvalue weighted by Gasteiger charge is 2.26. The Balaban J connectivity index is 1.35. The Kier molecular flexibility index (Phi) is 6.05. The van der Waals surface area contributed by atoms with Gasteiger partial charge in [-0.3, -0.25) is 14.8 Å². The third-order valence-corrected chi connectivity index (χ3v) is 6.07. The van der Waals surface area contributed by atoms with E-state index in [0.717, 1.165) is 44.5 Å². The second-order valence-electron chi connectivity index (χ2n) is 7.92. The zero-order valence-electron chi connectivity index (χ0n) is 16.3. The van der Waals surface area contributed by atoms with Crippen LogP contribution in [0.2, 0.25) is 0 Å². The van der Waals surface area contributed by atoms with Gasteiger partial charge in [0.2, 0.25) is 5.91 Å². The van der Waals surface area contributed by atoms with Gasteiger partial charge in [0, 0.05) is 30.6 Å². The van der Waals surface area contributed by atoms with Crippen molar-refractivity contribution in [3.05, 3.63) is 52.6 Å². The second kappa shape index (κ2) is 8.86. The highest BCUT2D eigenvalue weighted by atomic mass is 19.1. The second-order valence-corrected chi connectivity index (χ2v) is 7.92. The van der Waals surface area contributed by atoms with Crippen LogP contribution in [0, 0.1) is 5.82 Å². The van der Waals surface area contributed by atoms with Crippen molar-refractivity contribution in [2.75, 3.05) is 19.6 Å². The van der Waals surface area contributed by atoms with Crippen LogP contribution in [0.3, 0.4) is 0 Å². The fraction of sp³-hybridized carbons (Fsp3) is 0.545. The van der Waals surface area contributed by atoms with Gasteiger partial charge >= 0.3 is 0 Å². The van der Waals surface area contributed by atoms with Crippen molar-refractivity contribution < 1.29 is 9.18 Å². The average Bonchev–Trinajstić information content (AvgIpc) is 3.38. The minimum Gasteiger partial charge on any atom is -0.354 e. The fourth-order valence-electron chi connectivity index (χ4n) is 4.52. The number of rotatable bonds is 7. The molecule has 1 saturated heterocycles. The molecule has 1 aromatic heterocycles. The number of amides is 1. The van der Waals surface area contributed by atoms with Gasteiger partial charge in [0.1, 0.15) is 5.82 Å². The third-order valence-electron chi connectivity index (χ3n) is 6.07. The summed E-state index contributed by atoms with van der Waals surface area (Å²) in [5.74, 6) is -0.190. The van der Waals surface area contributed by atoms with Crippen LogP contribution in [0.25, 0.3) is 0 Å². The molecule has 1 amide bonds. The normalized spacial score (nSPS) is 18.0. The summed E-state index contributed by atoms with van der Waals surface area (Å²) in [5, 5.41) is 10.6. The maximum Gasteiger partial charge on any atom is 0.220 e. The van der Waals surface area contributed by atoms with E-state index < -0.39 is 0 Å². The number of H-pyrrole nitrogens is 1. The molecule has 5 nitrogen and oxygen atoms in total. The molecule has 1 aliphatic carbocycles. The number of hydrogen-bond acceptors (Lipinski definition) is 3. The minimum atomic E-state index is -0.197. The van der Waals surface area contributed by atoms with Gasteiger partial charge in [-0.2, -0.15) is 5.10 Å². The number of fused-ring (bicyclic) bond motifs is 1. The molecule has 2 aliphatic rings. The van der Waals surface area contributed by atoms with E-state index >= 15 is 0 Å². The predicted molar refractivity (Wildman–Crippen MR) is 107 cm³/mol. The molecule has 2 aromatic rings. The van der Waals surface area contributed by atoms with E-state index in [1.54, 1.807) is 6.07 Å². The summed E-state index contributed by atoms with van der Waals surface area (Å²) < 4.78 is 14.4. The van der Waals surface area contributed by atoms with Crippen LogP contribution < -0.4 is 5.32 Å². The number of aromatic nitrogens is 2. The number of aryl methyl sites for hydroxylation is 2. The molecule has 0 radical (unpaired) electrons. The van der Waals surface area contributed by atoms with Crippen molar-refractivity contribution in [3.8, 4) is 0 Å². The van der Waals surface area contributed by atoms with E-state index in [-0.39, 0.29) is 17.8 Å². The van der Waals surface area contributed by atoms with Crippen LogP contribution in [-0.2, 0) is 24.1 Å². The number of carbonyl (C=O) groups is 1. The summed E-state index contributed by atoms with van der Waals surface area (Å²) in [6.45, 7) is 2.35. The lowest BCUT2D eigenvalue weighted by molar-refractivity contribution is -0.121. The van der Waals surface area contributed by atoms with E-state index in [1.807, 2.05) is 12.1 Å². The van der Waals surface area contributed by atoms with Gasteiger partial charge in [0.05, 0.1) is 11.7 Å². The molecule has 4 rings (SSSR count). The zero-order valence-corrected chi connectivity index (χ0v) is 16.3. The van der Waals surface area contributed by atoms with Gasteiger partial charge in [-0.05, 0) is 63.2 Å². The molecule has 6 heteroatoms. The standard InChI is InChI=1S/C22H29FN4O/c23-18-9-3-1-7-16(18)21(27-13-5-6-14-27)15-24-22(28)12-11-20-17-8-2-4-10-19(17)25-26-20/h1,3,7,9,21H,2,4-6,8,10-15H2,(H,24,28)(H,25,26)/t21-/m1/s1. The molecular weight excluding hydrogens is 355 g/mol. The largest absolute Gasteiger partial charge is 0.354 e. The van der Waals surface area contributed by atoms with Crippen molar-refractivity contribution in [2.45, 2.75) is 57.4 Å². The Morgan fingerprint density at radius 2 is 1.96 bits per heavy atom. The molecule has 2 heterocycles. The zero-order chi connectivity index (χ0) is 19.3. The summed E-state index contributed by atoms with van der Waals surface area (Å²) in [6.07, 6.45) is 7.87. The highest BCUT2D eigenvalue weighted by Crippen LogP contribution is 2.27. The van der Waals surface area contributed by atoms with Gasteiger partial charge in [0.25, 0.3) is 0 Å². The molecule has 0 unspecified atom stereocenters. The van der Waals surface area contributed by atoms with Crippen LogP contribution in [0.4, 0.5) is 4.39 Å². The molecule has 1 atom stereocenters. The number of hydrogen-bond donors (Lipinski definition) is 2. The number of benzene rings is 1. The molecule has 1 fully saturated rings. The van der Waals surface area contributed by atoms with Gasteiger partial charge in [0.15, 0.2) is 0 Å². The molecule has 2 N–H and O–H groups in total. The molecule has 0 saturated carbocycles. The fourth-order valence-corrected chi connectivity index (χ4v) is 4.52. The number of likely N-dealkylation sites (tertiary alicyclic amines) is 1. The van der Waals surface area contributed by atoms with Crippen LogP contribution in [0.5, 0.6) is 0 Å².